The Balaban J connectivity index is 2.04. The normalized spacial score (nSPS) is 14.3. The van der Waals surface area contributed by atoms with Gasteiger partial charge in [0.2, 0.25) is 0 Å². The summed E-state index contributed by atoms with van der Waals surface area (Å²) in [7, 11) is 0. The number of hydrogen-bond acceptors (Lipinski definition) is 3. The number of hydrogen-bond donors (Lipinski definition) is 1. The quantitative estimate of drug-likeness (QED) is 0.879. The van der Waals surface area contributed by atoms with E-state index in [1.807, 2.05) is 25.1 Å². The number of nitrogens with zero attached hydrogens (tertiary/aromatic N) is 1. The molecule has 0 atom stereocenters. The van der Waals surface area contributed by atoms with Crippen molar-refractivity contribution in [2.75, 3.05) is 13.2 Å². The van der Waals surface area contributed by atoms with Gasteiger partial charge in [-0.05, 0) is 41.1 Å². The Kier molecular flexibility index (Phi) is 2.99. The fraction of sp³-hybridized carbons (Fsp3) is 0.308. The molecule has 0 radical (unpaired) electrons. The molecule has 3 rings (SSSR count). The van der Waals surface area contributed by atoms with Crippen LogP contribution >= 0.6 is 15.9 Å². The number of H-pyrrole nitrogens is 1. The maximum absolute atomic E-state index is 5.68. The van der Waals surface area contributed by atoms with Crippen LogP contribution in [0, 0.1) is 6.92 Å². The van der Waals surface area contributed by atoms with Gasteiger partial charge in [-0.15, -0.1) is 0 Å². The van der Waals surface area contributed by atoms with Crippen molar-refractivity contribution in [1.82, 2.24) is 10.2 Å². The highest BCUT2D eigenvalue weighted by molar-refractivity contribution is 9.10. The van der Waals surface area contributed by atoms with E-state index in [0.717, 1.165) is 39.3 Å². The number of fused-ring (bicyclic) bond motifs is 1. The molecule has 0 fully saturated rings. The second kappa shape index (κ2) is 4.65. The minimum absolute atomic E-state index is 0.692. The van der Waals surface area contributed by atoms with Gasteiger partial charge in [0.15, 0.2) is 11.5 Å². The number of aromatic nitrogens is 2. The first kappa shape index (κ1) is 11.6. The van der Waals surface area contributed by atoms with Gasteiger partial charge in [-0.2, -0.15) is 5.10 Å². The summed E-state index contributed by atoms with van der Waals surface area (Å²) in [6, 6.07) is 5.90. The SMILES string of the molecule is Cc1[nH]nc(-c2ccc3c(c2)OCCCO3)c1Br. The highest BCUT2D eigenvalue weighted by atomic mass is 79.9. The molecule has 0 amide bonds. The molecule has 0 saturated heterocycles. The number of ether oxygens (including phenoxy) is 2. The highest BCUT2D eigenvalue weighted by Gasteiger charge is 2.15. The Morgan fingerprint density at radius 2 is 2.00 bits per heavy atom. The van der Waals surface area contributed by atoms with E-state index in [2.05, 4.69) is 26.1 Å². The average molecular weight is 309 g/mol. The Morgan fingerprint density at radius 1 is 1.22 bits per heavy atom. The number of aromatic amines is 1. The van der Waals surface area contributed by atoms with E-state index in [4.69, 9.17) is 9.47 Å². The molecule has 2 aromatic rings. The Morgan fingerprint density at radius 3 is 2.72 bits per heavy atom. The van der Waals surface area contributed by atoms with Crippen LogP contribution in [-0.4, -0.2) is 23.4 Å². The van der Waals surface area contributed by atoms with Gasteiger partial charge in [0.05, 0.1) is 17.7 Å². The first-order valence-electron chi connectivity index (χ1n) is 5.86. The van der Waals surface area contributed by atoms with E-state index >= 15 is 0 Å². The molecular formula is C13H13BrN2O2. The van der Waals surface area contributed by atoms with Gasteiger partial charge < -0.3 is 9.47 Å². The van der Waals surface area contributed by atoms with Crippen LogP contribution in [0.3, 0.4) is 0 Å². The second-order valence-corrected chi connectivity index (χ2v) is 5.02. The number of benzene rings is 1. The van der Waals surface area contributed by atoms with Crippen molar-refractivity contribution in [3.05, 3.63) is 28.4 Å². The molecule has 18 heavy (non-hydrogen) atoms. The molecule has 0 spiro atoms. The molecule has 0 bridgehead atoms. The Hall–Kier alpha value is -1.49. The maximum Gasteiger partial charge on any atom is 0.161 e. The minimum Gasteiger partial charge on any atom is -0.490 e. The Bertz CT molecular complexity index is 580. The summed E-state index contributed by atoms with van der Waals surface area (Å²) in [5.74, 6) is 1.59. The van der Waals surface area contributed by atoms with E-state index in [-0.39, 0.29) is 0 Å². The van der Waals surface area contributed by atoms with Crippen LogP contribution in [0.15, 0.2) is 22.7 Å². The third-order valence-corrected chi connectivity index (χ3v) is 3.86. The molecule has 0 unspecified atom stereocenters. The van der Waals surface area contributed by atoms with Crippen LogP contribution in [0.4, 0.5) is 0 Å². The predicted molar refractivity (Wildman–Crippen MR) is 72.1 cm³/mol. The molecule has 1 aliphatic rings. The molecule has 4 nitrogen and oxygen atoms in total. The molecule has 94 valence electrons. The van der Waals surface area contributed by atoms with Gasteiger partial charge in [-0.3, -0.25) is 5.10 Å². The van der Waals surface area contributed by atoms with Crippen molar-refractivity contribution < 1.29 is 9.47 Å². The van der Waals surface area contributed by atoms with Crippen LogP contribution in [0.25, 0.3) is 11.3 Å². The molecule has 0 saturated carbocycles. The van der Waals surface area contributed by atoms with Gasteiger partial charge in [0, 0.05) is 17.7 Å². The molecule has 0 aliphatic carbocycles. The number of nitrogens with one attached hydrogen (secondary N) is 1. The zero-order valence-electron chi connectivity index (χ0n) is 10.00. The molecule has 1 N–H and O–H groups in total. The molecule has 1 aliphatic heterocycles. The second-order valence-electron chi connectivity index (χ2n) is 4.22. The van der Waals surface area contributed by atoms with E-state index in [0.29, 0.717) is 13.2 Å². The molecule has 1 aromatic heterocycles. The first-order valence-corrected chi connectivity index (χ1v) is 6.65. The van der Waals surface area contributed by atoms with Crippen molar-refractivity contribution in [3.63, 3.8) is 0 Å². The molecule has 5 heteroatoms. The van der Waals surface area contributed by atoms with Crippen molar-refractivity contribution in [2.45, 2.75) is 13.3 Å². The number of rotatable bonds is 1. The Labute approximate surface area is 113 Å². The summed E-state index contributed by atoms with van der Waals surface area (Å²) >= 11 is 3.53. The maximum atomic E-state index is 5.68. The standard InChI is InChI=1S/C13H13BrN2O2/c1-8-12(14)13(16-15-8)9-3-4-10-11(7-9)18-6-2-5-17-10/h3-4,7H,2,5-6H2,1H3,(H,15,16). The fourth-order valence-electron chi connectivity index (χ4n) is 1.92. The van der Waals surface area contributed by atoms with Crippen molar-refractivity contribution in [3.8, 4) is 22.8 Å². The highest BCUT2D eigenvalue weighted by Crippen LogP contribution is 2.36. The van der Waals surface area contributed by atoms with Crippen LogP contribution in [0.1, 0.15) is 12.1 Å². The van der Waals surface area contributed by atoms with Crippen molar-refractivity contribution in [2.24, 2.45) is 0 Å². The largest absolute Gasteiger partial charge is 0.490 e. The van der Waals surface area contributed by atoms with E-state index < -0.39 is 0 Å². The van der Waals surface area contributed by atoms with Gasteiger partial charge >= 0.3 is 0 Å². The monoisotopic (exact) mass is 308 g/mol. The lowest BCUT2D eigenvalue weighted by Gasteiger charge is -2.08. The summed E-state index contributed by atoms with van der Waals surface area (Å²) in [6.07, 6.45) is 0.912. The third kappa shape index (κ3) is 1.99. The van der Waals surface area contributed by atoms with Gasteiger partial charge in [-0.1, -0.05) is 0 Å². The molecular weight excluding hydrogens is 296 g/mol. The first-order chi connectivity index (χ1) is 8.75. The van der Waals surface area contributed by atoms with Crippen molar-refractivity contribution in [1.29, 1.82) is 0 Å². The van der Waals surface area contributed by atoms with E-state index in [9.17, 15) is 0 Å². The smallest absolute Gasteiger partial charge is 0.161 e. The zero-order chi connectivity index (χ0) is 12.5. The lowest BCUT2D eigenvalue weighted by atomic mass is 10.1. The lowest BCUT2D eigenvalue weighted by Crippen LogP contribution is -1.97. The van der Waals surface area contributed by atoms with Gasteiger partial charge in [0.25, 0.3) is 0 Å². The number of halogens is 1. The third-order valence-electron chi connectivity index (χ3n) is 2.89. The van der Waals surface area contributed by atoms with Crippen LogP contribution in [-0.2, 0) is 0 Å². The minimum atomic E-state index is 0.692. The summed E-state index contributed by atoms with van der Waals surface area (Å²) in [4.78, 5) is 0. The fourth-order valence-corrected chi connectivity index (χ4v) is 2.32. The van der Waals surface area contributed by atoms with Crippen LogP contribution in [0.5, 0.6) is 11.5 Å². The van der Waals surface area contributed by atoms with Crippen molar-refractivity contribution >= 4 is 15.9 Å². The van der Waals surface area contributed by atoms with Gasteiger partial charge in [-0.25, -0.2) is 0 Å². The lowest BCUT2D eigenvalue weighted by molar-refractivity contribution is 0.297. The molecule has 2 heterocycles. The summed E-state index contributed by atoms with van der Waals surface area (Å²) in [5, 5.41) is 7.25. The zero-order valence-corrected chi connectivity index (χ0v) is 11.6. The summed E-state index contributed by atoms with van der Waals surface area (Å²) < 4.78 is 12.3. The van der Waals surface area contributed by atoms with Crippen LogP contribution in [0.2, 0.25) is 0 Å². The van der Waals surface area contributed by atoms with Gasteiger partial charge in [0.1, 0.15) is 5.69 Å². The van der Waals surface area contributed by atoms with E-state index in [1.54, 1.807) is 0 Å². The summed E-state index contributed by atoms with van der Waals surface area (Å²) in [5.41, 5.74) is 2.91. The topological polar surface area (TPSA) is 47.1 Å². The summed E-state index contributed by atoms with van der Waals surface area (Å²) in [6.45, 7) is 3.37. The van der Waals surface area contributed by atoms with Crippen LogP contribution < -0.4 is 9.47 Å². The molecule has 1 aromatic carbocycles. The predicted octanol–water partition coefficient (Wildman–Crippen LogP) is 3.31. The number of aryl methyl sites for hydroxylation is 1. The van der Waals surface area contributed by atoms with E-state index in [1.165, 1.54) is 0 Å². The average Bonchev–Trinajstić information content (AvgIpc) is 2.61.